The fourth-order valence-electron chi connectivity index (χ4n) is 1.35. The van der Waals surface area contributed by atoms with Gasteiger partial charge in [0.25, 0.3) is 0 Å². The van der Waals surface area contributed by atoms with E-state index in [1.165, 1.54) is 0 Å². The average molecular weight is 267 g/mol. The smallest absolute Gasteiger partial charge is 0.0881 e. The number of hydrogen-bond donors (Lipinski definition) is 7. The summed E-state index contributed by atoms with van der Waals surface area (Å²) in [7, 11) is 1.85. The molecule has 0 saturated carbocycles. The minimum Gasteiger partial charge on any atom is -0.317 e. The molecule has 0 aliphatic carbocycles. The Hall–Kier alpha value is 0.500. The zero-order valence-corrected chi connectivity index (χ0v) is 11.9. The van der Waals surface area contributed by atoms with Gasteiger partial charge in [0.1, 0.15) is 0 Å². The van der Waals surface area contributed by atoms with E-state index in [1.807, 2.05) is 14.0 Å². The van der Waals surface area contributed by atoms with Crippen LogP contribution in [-0.2, 0) is 0 Å². The summed E-state index contributed by atoms with van der Waals surface area (Å²) >= 11 is 8.48. The monoisotopic (exact) mass is 267 g/mol. The third-order valence-electron chi connectivity index (χ3n) is 2.34. The Labute approximate surface area is 109 Å². The van der Waals surface area contributed by atoms with Crippen molar-refractivity contribution in [3.8, 4) is 0 Å². The molecule has 7 heteroatoms. The van der Waals surface area contributed by atoms with Crippen molar-refractivity contribution in [3.63, 3.8) is 0 Å². The van der Waals surface area contributed by atoms with Gasteiger partial charge in [-0.1, -0.05) is 6.92 Å². The first-order valence-electron chi connectivity index (χ1n) is 5.39. The van der Waals surface area contributed by atoms with Crippen molar-refractivity contribution in [3.05, 3.63) is 0 Å². The van der Waals surface area contributed by atoms with E-state index in [0.717, 1.165) is 6.54 Å². The minimum atomic E-state index is -0.555. The molecule has 0 fully saturated rings. The largest absolute Gasteiger partial charge is 0.317 e. The zero-order valence-electron chi connectivity index (χ0n) is 10.1. The van der Waals surface area contributed by atoms with Crippen molar-refractivity contribution in [2.24, 2.45) is 11.5 Å². The molecule has 0 bridgehead atoms. The van der Waals surface area contributed by atoms with Crippen molar-refractivity contribution >= 4 is 25.3 Å². The van der Waals surface area contributed by atoms with E-state index < -0.39 is 11.3 Å². The lowest BCUT2D eigenvalue weighted by atomic mass is 10.1. The van der Waals surface area contributed by atoms with Gasteiger partial charge in [-0.3, -0.25) is 10.6 Å². The quantitative estimate of drug-likeness (QED) is 0.206. The van der Waals surface area contributed by atoms with Gasteiger partial charge in [-0.2, -0.15) is 25.3 Å². The van der Waals surface area contributed by atoms with Gasteiger partial charge in [-0.25, -0.2) is 0 Å². The molecule has 16 heavy (non-hydrogen) atoms. The van der Waals surface area contributed by atoms with Gasteiger partial charge in [0.05, 0.1) is 11.3 Å². The van der Waals surface area contributed by atoms with Crippen LogP contribution in [0.2, 0.25) is 0 Å². The maximum atomic E-state index is 6.11. The first kappa shape index (κ1) is 16.5. The Morgan fingerprint density at radius 3 is 1.88 bits per heavy atom. The summed E-state index contributed by atoms with van der Waals surface area (Å²) in [5.74, 6) is 1.07. The number of thiol groups is 2. The van der Waals surface area contributed by atoms with Gasteiger partial charge >= 0.3 is 0 Å². The summed E-state index contributed by atoms with van der Waals surface area (Å²) in [4.78, 5) is 0. The SMILES string of the molecule is CCNC(N)(CS)CNC(N)(CS)CNC. The number of rotatable bonds is 9. The summed E-state index contributed by atoms with van der Waals surface area (Å²) < 4.78 is 0. The highest BCUT2D eigenvalue weighted by Gasteiger charge is 2.28. The first-order valence-corrected chi connectivity index (χ1v) is 6.66. The van der Waals surface area contributed by atoms with Crippen LogP contribution in [0, 0.1) is 0 Å². The molecule has 0 heterocycles. The van der Waals surface area contributed by atoms with Gasteiger partial charge in [0, 0.05) is 24.6 Å². The number of hydrogen-bond acceptors (Lipinski definition) is 7. The van der Waals surface area contributed by atoms with Crippen molar-refractivity contribution < 1.29 is 0 Å². The van der Waals surface area contributed by atoms with Gasteiger partial charge in [0.15, 0.2) is 0 Å². The molecule has 0 aromatic rings. The zero-order chi connectivity index (χ0) is 12.7. The van der Waals surface area contributed by atoms with E-state index in [9.17, 15) is 0 Å². The predicted molar refractivity (Wildman–Crippen MR) is 77.1 cm³/mol. The Morgan fingerprint density at radius 1 is 1.00 bits per heavy atom. The summed E-state index contributed by atoms with van der Waals surface area (Å²) in [5.41, 5.74) is 11.1. The number of likely N-dealkylation sites (N-methyl/N-ethyl adjacent to an activating group) is 2. The third-order valence-corrected chi connectivity index (χ3v) is 3.47. The number of nitrogens with two attached hydrogens (primary N) is 2. The van der Waals surface area contributed by atoms with E-state index in [-0.39, 0.29) is 0 Å². The normalized spacial score (nSPS) is 19.1. The Morgan fingerprint density at radius 2 is 1.50 bits per heavy atom. The lowest BCUT2D eigenvalue weighted by Gasteiger charge is -2.35. The molecule has 0 aliphatic heterocycles. The van der Waals surface area contributed by atoms with E-state index in [1.54, 1.807) is 0 Å². The van der Waals surface area contributed by atoms with E-state index in [2.05, 4.69) is 41.2 Å². The molecule has 98 valence electrons. The van der Waals surface area contributed by atoms with E-state index in [4.69, 9.17) is 11.5 Å². The number of nitrogens with one attached hydrogen (secondary N) is 3. The Bertz CT molecular complexity index is 175. The van der Waals surface area contributed by atoms with Crippen LogP contribution >= 0.6 is 25.3 Å². The second kappa shape index (κ2) is 7.75. The topological polar surface area (TPSA) is 88.1 Å². The van der Waals surface area contributed by atoms with Crippen molar-refractivity contribution in [1.29, 1.82) is 0 Å². The second-order valence-corrected chi connectivity index (χ2v) is 4.68. The van der Waals surface area contributed by atoms with Crippen LogP contribution in [0.25, 0.3) is 0 Å². The molecule has 5 nitrogen and oxygen atoms in total. The molecule has 0 aliphatic rings. The molecule has 0 rings (SSSR count). The van der Waals surface area contributed by atoms with Crippen molar-refractivity contribution in [1.82, 2.24) is 16.0 Å². The lowest BCUT2D eigenvalue weighted by Crippen LogP contribution is -2.69. The van der Waals surface area contributed by atoms with E-state index in [0.29, 0.717) is 24.6 Å². The van der Waals surface area contributed by atoms with Gasteiger partial charge in [-0.15, -0.1) is 0 Å². The molecular weight excluding hydrogens is 242 g/mol. The third kappa shape index (κ3) is 5.72. The molecule has 2 atom stereocenters. The maximum Gasteiger partial charge on any atom is 0.0881 e. The highest BCUT2D eigenvalue weighted by molar-refractivity contribution is 7.80. The van der Waals surface area contributed by atoms with Gasteiger partial charge in [0.2, 0.25) is 0 Å². The van der Waals surface area contributed by atoms with Crippen LogP contribution in [0.4, 0.5) is 0 Å². The fourth-order valence-corrected chi connectivity index (χ4v) is 1.80. The van der Waals surface area contributed by atoms with E-state index >= 15 is 0 Å². The Balaban J connectivity index is 4.26. The summed E-state index contributed by atoms with van der Waals surface area (Å²) in [6.45, 7) is 3.98. The summed E-state index contributed by atoms with van der Waals surface area (Å²) in [6.07, 6.45) is 0. The van der Waals surface area contributed by atoms with Crippen molar-refractivity contribution in [2.45, 2.75) is 18.2 Å². The maximum absolute atomic E-state index is 6.11. The highest BCUT2D eigenvalue weighted by Crippen LogP contribution is 2.02. The lowest BCUT2D eigenvalue weighted by molar-refractivity contribution is 0.288. The van der Waals surface area contributed by atoms with Crippen LogP contribution < -0.4 is 27.4 Å². The first-order chi connectivity index (χ1) is 7.45. The van der Waals surface area contributed by atoms with Crippen LogP contribution in [0.1, 0.15) is 6.92 Å². The molecule has 0 aromatic heterocycles. The summed E-state index contributed by atoms with van der Waals surface area (Å²) in [5, 5.41) is 9.44. The molecular formula is C9H25N5S2. The summed E-state index contributed by atoms with van der Waals surface area (Å²) in [6, 6.07) is 0. The van der Waals surface area contributed by atoms with Crippen LogP contribution in [0.3, 0.4) is 0 Å². The standard InChI is InChI=1S/C9H25N5S2/c1-3-13-9(11,7-16)5-14-8(10,6-15)4-12-2/h12-16H,3-7,10-11H2,1-2H3. The molecule has 0 amide bonds. The van der Waals surface area contributed by atoms with Crippen LogP contribution in [0.15, 0.2) is 0 Å². The van der Waals surface area contributed by atoms with Gasteiger partial charge < -0.3 is 16.8 Å². The highest BCUT2D eigenvalue weighted by atomic mass is 32.1. The van der Waals surface area contributed by atoms with Crippen LogP contribution in [-0.4, -0.2) is 49.5 Å². The molecule has 0 radical (unpaired) electrons. The second-order valence-electron chi connectivity index (χ2n) is 4.04. The molecule has 2 unspecified atom stereocenters. The predicted octanol–water partition coefficient (Wildman–Crippen LogP) is -1.43. The minimum absolute atomic E-state index is 0.530. The molecule has 0 saturated heterocycles. The molecule has 7 N–H and O–H groups in total. The molecule has 0 spiro atoms. The van der Waals surface area contributed by atoms with Gasteiger partial charge in [-0.05, 0) is 13.6 Å². The molecule has 0 aromatic carbocycles. The van der Waals surface area contributed by atoms with Crippen LogP contribution in [0.5, 0.6) is 0 Å². The van der Waals surface area contributed by atoms with Crippen molar-refractivity contribution in [2.75, 3.05) is 38.2 Å². The fraction of sp³-hybridized carbons (Fsp3) is 1.00. The average Bonchev–Trinajstić information content (AvgIpc) is 2.27. The Kier molecular flexibility index (Phi) is 8.00.